The van der Waals surface area contributed by atoms with E-state index in [1.165, 1.54) is 0 Å². The standard InChI is InChI=1S/C14H17N3O/c1-10-6-4-5-7-13(10)17-11(2)8-14(18)12(16-17)9-15-3/h4-8,15H,9H2,1-3H3. The summed E-state index contributed by atoms with van der Waals surface area (Å²) in [7, 11) is 1.80. The van der Waals surface area contributed by atoms with E-state index in [0.29, 0.717) is 12.2 Å². The molecule has 0 aliphatic carbocycles. The summed E-state index contributed by atoms with van der Waals surface area (Å²) < 4.78 is 1.82. The highest BCUT2D eigenvalue weighted by molar-refractivity contribution is 5.40. The highest BCUT2D eigenvalue weighted by Gasteiger charge is 2.08. The molecular weight excluding hydrogens is 226 g/mol. The van der Waals surface area contributed by atoms with Gasteiger partial charge in [0.2, 0.25) is 5.43 Å². The van der Waals surface area contributed by atoms with E-state index >= 15 is 0 Å². The Morgan fingerprint density at radius 2 is 2.00 bits per heavy atom. The van der Waals surface area contributed by atoms with Crippen LogP contribution in [0.15, 0.2) is 35.1 Å². The number of nitrogens with zero attached hydrogens (tertiary/aromatic N) is 2. The quantitative estimate of drug-likeness (QED) is 0.890. The van der Waals surface area contributed by atoms with Crippen LogP contribution < -0.4 is 10.7 Å². The smallest absolute Gasteiger partial charge is 0.204 e. The van der Waals surface area contributed by atoms with Crippen LogP contribution in [0.1, 0.15) is 17.0 Å². The van der Waals surface area contributed by atoms with Crippen molar-refractivity contribution in [2.75, 3.05) is 7.05 Å². The summed E-state index contributed by atoms with van der Waals surface area (Å²) in [5.41, 5.74) is 3.49. The summed E-state index contributed by atoms with van der Waals surface area (Å²) >= 11 is 0. The zero-order chi connectivity index (χ0) is 13.1. The summed E-state index contributed by atoms with van der Waals surface area (Å²) in [6.07, 6.45) is 0. The number of aryl methyl sites for hydroxylation is 2. The van der Waals surface area contributed by atoms with Crippen LogP contribution >= 0.6 is 0 Å². The highest BCUT2D eigenvalue weighted by Crippen LogP contribution is 2.13. The van der Waals surface area contributed by atoms with Crippen LogP contribution in [-0.4, -0.2) is 16.8 Å². The first-order valence-corrected chi connectivity index (χ1v) is 5.94. The van der Waals surface area contributed by atoms with Gasteiger partial charge in [0, 0.05) is 18.3 Å². The Bertz CT molecular complexity index is 617. The largest absolute Gasteiger partial charge is 0.314 e. The van der Waals surface area contributed by atoms with Gasteiger partial charge >= 0.3 is 0 Å². The van der Waals surface area contributed by atoms with E-state index in [2.05, 4.69) is 10.4 Å². The number of nitrogens with one attached hydrogen (secondary N) is 1. The van der Waals surface area contributed by atoms with Crippen molar-refractivity contribution in [3.8, 4) is 5.69 Å². The van der Waals surface area contributed by atoms with Crippen molar-refractivity contribution in [2.45, 2.75) is 20.4 Å². The lowest BCUT2D eigenvalue weighted by Crippen LogP contribution is -2.23. The Balaban J connectivity index is 2.61. The topological polar surface area (TPSA) is 46.9 Å². The fourth-order valence-electron chi connectivity index (χ4n) is 1.92. The molecule has 0 spiro atoms. The molecule has 4 nitrogen and oxygen atoms in total. The average Bonchev–Trinajstić information content (AvgIpc) is 2.34. The molecule has 0 atom stereocenters. The van der Waals surface area contributed by atoms with Crippen LogP contribution in [-0.2, 0) is 6.54 Å². The van der Waals surface area contributed by atoms with Crippen LogP contribution in [0.2, 0.25) is 0 Å². The fourth-order valence-corrected chi connectivity index (χ4v) is 1.92. The van der Waals surface area contributed by atoms with Crippen molar-refractivity contribution >= 4 is 0 Å². The van der Waals surface area contributed by atoms with Gasteiger partial charge < -0.3 is 5.32 Å². The molecule has 0 fully saturated rings. The summed E-state index contributed by atoms with van der Waals surface area (Å²) in [4.78, 5) is 11.8. The second-order valence-corrected chi connectivity index (χ2v) is 4.33. The van der Waals surface area contributed by atoms with Gasteiger partial charge in [-0.25, -0.2) is 4.68 Å². The molecule has 4 heteroatoms. The van der Waals surface area contributed by atoms with Crippen molar-refractivity contribution in [3.05, 3.63) is 57.5 Å². The number of rotatable bonds is 3. The number of hydrogen-bond donors (Lipinski definition) is 1. The van der Waals surface area contributed by atoms with Gasteiger partial charge in [-0.3, -0.25) is 4.79 Å². The van der Waals surface area contributed by atoms with E-state index < -0.39 is 0 Å². The fraction of sp³-hybridized carbons (Fsp3) is 0.286. The molecule has 2 aromatic rings. The molecule has 0 unspecified atom stereocenters. The average molecular weight is 243 g/mol. The Hall–Kier alpha value is -1.94. The Morgan fingerprint density at radius 3 is 2.67 bits per heavy atom. The van der Waals surface area contributed by atoms with E-state index in [9.17, 15) is 4.79 Å². The van der Waals surface area contributed by atoms with Crippen LogP contribution in [0, 0.1) is 13.8 Å². The third-order valence-corrected chi connectivity index (χ3v) is 2.87. The first-order chi connectivity index (χ1) is 8.63. The highest BCUT2D eigenvalue weighted by atomic mass is 16.1. The van der Waals surface area contributed by atoms with Gasteiger partial charge in [-0.15, -0.1) is 0 Å². The lowest BCUT2D eigenvalue weighted by Gasteiger charge is -2.13. The zero-order valence-corrected chi connectivity index (χ0v) is 10.9. The minimum atomic E-state index is -0.0216. The predicted molar refractivity (Wildman–Crippen MR) is 72.1 cm³/mol. The second kappa shape index (κ2) is 5.14. The van der Waals surface area contributed by atoms with Gasteiger partial charge in [0.15, 0.2) is 0 Å². The minimum Gasteiger partial charge on any atom is -0.314 e. The van der Waals surface area contributed by atoms with Crippen molar-refractivity contribution in [3.63, 3.8) is 0 Å². The summed E-state index contributed by atoms with van der Waals surface area (Å²) in [6, 6.07) is 9.63. The number of para-hydroxylation sites is 1. The lowest BCUT2D eigenvalue weighted by atomic mass is 10.2. The molecule has 0 bridgehead atoms. The monoisotopic (exact) mass is 243 g/mol. The molecule has 1 N–H and O–H groups in total. The van der Waals surface area contributed by atoms with E-state index in [0.717, 1.165) is 16.9 Å². The van der Waals surface area contributed by atoms with Gasteiger partial charge in [-0.05, 0) is 32.5 Å². The molecule has 0 aliphatic rings. The SMILES string of the molecule is CNCc1nn(-c2ccccc2C)c(C)cc1=O. The maximum absolute atomic E-state index is 11.8. The van der Waals surface area contributed by atoms with Gasteiger partial charge in [0.1, 0.15) is 5.69 Å². The minimum absolute atomic E-state index is 0.0216. The first-order valence-electron chi connectivity index (χ1n) is 5.94. The van der Waals surface area contributed by atoms with Crippen molar-refractivity contribution < 1.29 is 0 Å². The summed E-state index contributed by atoms with van der Waals surface area (Å²) in [5, 5.41) is 7.40. The van der Waals surface area contributed by atoms with Crippen LogP contribution in [0.25, 0.3) is 5.69 Å². The van der Waals surface area contributed by atoms with E-state index in [1.54, 1.807) is 13.1 Å². The Morgan fingerprint density at radius 1 is 1.28 bits per heavy atom. The summed E-state index contributed by atoms with van der Waals surface area (Å²) in [5.74, 6) is 0. The molecule has 1 aromatic carbocycles. The number of benzene rings is 1. The molecule has 0 amide bonds. The van der Waals surface area contributed by atoms with Gasteiger partial charge in [0.05, 0.1) is 5.69 Å². The van der Waals surface area contributed by atoms with Gasteiger partial charge in [-0.1, -0.05) is 18.2 Å². The van der Waals surface area contributed by atoms with Crippen molar-refractivity contribution in [2.24, 2.45) is 0 Å². The second-order valence-electron chi connectivity index (χ2n) is 4.33. The third kappa shape index (κ3) is 2.33. The molecule has 0 aliphatic heterocycles. The van der Waals surface area contributed by atoms with E-state index in [1.807, 2.05) is 42.8 Å². The zero-order valence-electron chi connectivity index (χ0n) is 10.9. The summed E-state index contributed by atoms with van der Waals surface area (Å²) in [6.45, 7) is 4.40. The van der Waals surface area contributed by atoms with Crippen LogP contribution in [0.5, 0.6) is 0 Å². The third-order valence-electron chi connectivity index (χ3n) is 2.87. The van der Waals surface area contributed by atoms with Crippen LogP contribution in [0.3, 0.4) is 0 Å². The molecule has 0 radical (unpaired) electrons. The predicted octanol–water partition coefficient (Wildman–Crippen LogP) is 1.57. The van der Waals surface area contributed by atoms with Crippen LogP contribution in [0.4, 0.5) is 0 Å². The lowest BCUT2D eigenvalue weighted by molar-refractivity contribution is 0.702. The van der Waals surface area contributed by atoms with Gasteiger partial charge in [0.25, 0.3) is 0 Å². The molecule has 18 heavy (non-hydrogen) atoms. The number of hydrogen-bond acceptors (Lipinski definition) is 3. The van der Waals surface area contributed by atoms with Crippen molar-refractivity contribution in [1.29, 1.82) is 0 Å². The number of aromatic nitrogens is 2. The first kappa shape index (κ1) is 12.5. The molecule has 2 rings (SSSR count). The Kier molecular flexibility index (Phi) is 3.58. The maximum atomic E-state index is 11.8. The molecule has 0 saturated carbocycles. The molecular formula is C14H17N3O. The van der Waals surface area contributed by atoms with Crippen molar-refractivity contribution in [1.82, 2.24) is 15.1 Å². The maximum Gasteiger partial charge on any atom is 0.204 e. The van der Waals surface area contributed by atoms with Gasteiger partial charge in [-0.2, -0.15) is 5.10 Å². The molecule has 0 saturated heterocycles. The van der Waals surface area contributed by atoms with E-state index in [4.69, 9.17) is 0 Å². The normalized spacial score (nSPS) is 10.6. The molecule has 94 valence electrons. The van der Waals surface area contributed by atoms with E-state index in [-0.39, 0.29) is 5.43 Å². The molecule has 1 aromatic heterocycles. The molecule has 1 heterocycles. The Labute approximate surface area is 106 Å².